The summed E-state index contributed by atoms with van der Waals surface area (Å²) in [5.41, 5.74) is 0.963. The number of unbranched alkanes of at least 4 members (excludes halogenated alkanes) is 2. The molecule has 6 nitrogen and oxygen atoms in total. The molecule has 3 heterocycles. The Kier molecular flexibility index (Phi) is 3.85. The van der Waals surface area contributed by atoms with Gasteiger partial charge in [0.2, 0.25) is 0 Å². The standard InChI is InChI=1S/C15H20N6/c1-3-4-5-8-13-18-15(12-7-6-10-16-12)21(19-13)14-9-11-17-20(14)2/h6-7,9-11,16H,3-5,8H2,1-2H3. The van der Waals surface area contributed by atoms with Crippen LogP contribution in [0.15, 0.2) is 30.6 Å². The molecule has 0 aliphatic rings. The molecule has 3 rings (SSSR count). The Morgan fingerprint density at radius 2 is 2.14 bits per heavy atom. The summed E-state index contributed by atoms with van der Waals surface area (Å²) in [5.74, 6) is 2.62. The number of H-pyrrole nitrogens is 1. The molecule has 0 aromatic carbocycles. The van der Waals surface area contributed by atoms with Gasteiger partial charge in [-0.25, -0.2) is 4.98 Å². The molecule has 0 amide bonds. The summed E-state index contributed by atoms with van der Waals surface area (Å²) in [6, 6.07) is 5.91. The van der Waals surface area contributed by atoms with Crippen LogP contribution in [0, 0.1) is 0 Å². The highest BCUT2D eigenvalue weighted by Crippen LogP contribution is 2.19. The van der Waals surface area contributed by atoms with Crippen molar-refractivity contribution < 1.29 is 0 Å². The van der Waals surface area contributed by atoms with Crippen LogP contribution in [0.4, 0.5) is 0 Å². The second-order valence-electron chi connectivity index (χ2n) is 5.12. The number of rotatable bonds is 6. The van der Waals surface area contributed by atoms with Gasteiger partial charge in [0, 0.05) is 25.7 Å². The summed E-state index contributed by atoms with van der Waals surface area (Å²) in [6.45, 7) is 2.20. The summed E-state index contributed by atoms with van der Waals surface area (Å²) in [4.78, 5) is 7.90. The van der Waals surface area contributed by atoms with Crippen LogP contribution in [0.2, 0.25) is 0 Å². The molecule has 0 saturated heterocycles. The minimum atomic E-state index is 0.829. The van der Waals surface area contributed by atoms with E-state index in [0.717, 1.165) is 36.0 Å². The lowest BCUT2D eigenvalue weighted by Gasteiger charge is -2.04. The molecule has 0 bridgehead atoms. The van der Waals surface area contributed by atoms with Crippen LogP contribution in [0.3, 0.4) is 0 Å². The van der Waals surface area contributed by atoms with Crippen molar-refractivity contribution in [3.63, 3.8) is 0 Å². The average molecular weight is 284 g/mol. The minimum Gasteiger partial charge on any atom is -0.359 e. The lowest BCUT2D eigenvalue weighted by Crippen LogP contribution is -2.06. The second-order valence-corrected chi connectivity index (χ2v) is 5.12. The predicted molar refractivity (Wildman–Crippen MR) is 81.1 cm³/mol. The van der Waals surface area contributed by atoms with Gasteiger partial charge in [0.05, 0.1) is 11.9 Å². The van der Waals surface area contributed by atoms with Crippen molar-refractivity contribution in [1.82, 2.24) is 29.5 Å². The molecular formula is C15H20N6. The number of aryl methyl sites for hydroxylation is 2. The van der Waals surface area contributed by atoms with Crippen molar-refractivity contribution in [2.75, 3.05) is 0 Å². The van der Waals surface area contributed by atoms with Gasteiger partial charge >= 0.3 is 0 Å². The van der Waals surface area contributed by atoms with E-state index in [0.29, 0.717) is 0 Å². The highest BCUT2D eigenvalue weighted by molar-refractivity contribution is 5.52. The third kappa shape index (κ3) is 2.74. The molecule has 110 valence electrons. The van der Waals surface area contributed by atoms with E-state index in [4.69, 9.17) is 4.98 Å². The molecule has 0 aliphatic carbocycles. The van der Waals surface area contributed by atoms with Crippen molar-refractivity contribution in [1.29, 1.82) is 0 Å². The summed E-state index contributed by atoms with van der Waals surface area (Å²) < 4.78 is 3.66. The Morgan fingerprint density at radius 1 is 1.24 bits per heavy atom. The van der Waals surface area contributed by atoms with Crippen LogP contribution in [0.25, 0.3) is 17.3 Å². The summed E-state index contributed by atoms with van der Waals surface area (Å²) >= 11 is 0. The van der Waals surface area contributed by atoms with E-state index in [1.165, 1.54) is 12.8 Å². The zero-order valence-corrected chi connectivity index (χ0v) is 12.5. The Morgan fingerprint density at radius 3 is 2.81 bits per heavy atom. The SMILES string of the molecule is CCCCCc1nc(-c2ccc[nH]2)n(-c2ccnn2C)n1. The molecule has 0 atom stereocenters. The lowest BCUT2D eigenvalue weighted by atomic mass is 10.2. The van der Waals surface area contributed by atoms with E-state index in [1.807, 2.05) is 36.1 Å². The van der Waals surface area contributed by atoms with Crippen LogP contribution in [0.1, 0.15) is 32.0 Å². The number of hydrogen-bond donors (Lipinski definition) is 1. The zero-order chi connectivity index (χ0) is 14.7. The maximum absolute atomic E-state index is 4.70. The number of hydrogen-bond acceptors (Lipinski definition) is 3. The van der Waals surface area contributed by atoms with Gasteiger partial charge in [0.1, 0.15) is 0 Å². The van der Waals surface area contributed by atoms with Gasteiger partial charge in [0.25, 0.3) is 0 Å². The fraction of sp³-hybridized carbons (Fsp3) is 0.400. The lowest BCUT2D eigenvalue weighted by molar-refractivity contribution is 0.672. The van der Waals surface area contributed by atoms with Crippen LogP contribution >= 0.6 is 0 Å². The third-order valence-electron chi connectivity index (χ3n) is 3.51. The normalized spacial score (nSPS) is 11.1. The first-order chi connectivity index (χ1) is 10.3. The number of nitrogens with zero attached hydrogens (tertiary/aromatic N) is 5. The van der Waals surface area contributed by atoms with Crippen LogP contribution in [-0.4, -0.2) is 29.5 Å². The predicted octanol–water partition coefficient (Wildman–Crippen LogP) is 2.73. The Balaban J connectivity index is 1.98. The maximum atomic E-state index is 4.70. The van der Waals surface area contributed by atoms with E-state index in [2.05, 4.69) is 22.1 Å². The van der Waals surface area contributed by atoms with Crippen molar-refractivity contribution >= 4 is 0 Å². The third-order valence-corrected chi connectivity index (χ3v) is 3.51. The average Bonchev–Trinajstić information content (AvgIpc) is 3.18. The Bertz CT molecular complexity index is 692. The van der Waals surface area contributed by atoms with Crippen molar-refractivity contribution in [3.05, 3.63) is 36.4 Å². The van der Waals surface area contributed by atoms with E-state index in [9.17, 15) is 0 Å². The van der Waals surface area contributed by atoms with E-state index < -0.39 is 0 Å². The number of aromatic amines is 1. The zero-order valence-electron chi connectivity index (χ0n) is 12.5. The summed E-state index contributed by atoms with van der Waals surface area (Å²) in [5, 5.41) is 8.88. The van der Waals surface area contributed by atoms with Crippen LogP contribution in [0.5, 0.6) is 0 Å². The number of nitrogens with one attached hydrogen (secondary N) is 1. The molecule has 0 aliphatic heterocycles. The van der Waals surface area contributed by atoms with Crippen molar-refractivity contribution in [3.8, 4) is 17.3 Å². The molecule has 0 saturated carbocycles. The smallest absolute Gasteiger partial charge is 0.181 e. The summed E-state index contributed by atoms with van der Waals surface area (Å²) in [6.07, 6.45) is 8.10. The fourth-order valence-corrected chi connectivity index (χ4v) is 2.37. The molecule has 6 heteroatoms. The van der Waals surface area contributed by atoms with E-state index in [-0.39, 0.29) is 0 Å². The first kappa shape index (κ1) is 13.6. The fourth-order valence-electron chi connectivity index (χ4n) is 2.37. The highest BCUT2D eigenvalue weighted by Gasteiger charge is 2.16. The van der Waals surface area contributed by atoms with Crippen LogP contribution < -0.4 is 0 Å². The second kappa shape index (κ2) is 5.95. The van der Waals surface area contributed by atoms with Crippen molar-refractivity contribution in [2.24, 2.45) is 7.05 Å². The van der Waals surface area contributed by atoms with Crippen LogP contribution in [-0.2, 0) is 13.5 Å². The molecular weight excluding hydrogens is 264 g/mol. The Labute approximate surface area is 123 Å². The molecule has 3 aromatic heterocycles. The molecule has 0 radical (unpaired) electrons. The monoisotopic (exact) mass is 284 g/mol. The molecule has 1 N–H and O–H groups in total. The van der Waals surface area contributed by atoms with Gasteiger partial charge in [-0.15, -0.1) is 5.10 Å². The van der Waals surface area contributed by atoms with E-state index >= 15 is 0 Å². The van der Waals surface area contributed by atoms with Gasteiger partial charge < -0.3 is 4.98 Å². The largest absolute Gasteiger partial charge is 0.359 e. The highest BCUT2D eigenvalue weighted by atomic mass is 15.4. The molecule has 0 unspecified atom stereocenters. The first-order valence-electron chi connectivity index (χ1n) is 7.37. The van der Waals surface area contributed by atoms with E-state index in [1.54, 1.807) is 10.9 Å². The first-order valence-corrected chi connectivity index (χ1v) is 7.37. The minimum absolute atomic E-state index is 0.829. The van der Waals surface area contributed by atoms with Gasteiger partial charge in [-0.1, -0.05) is 19.8 Å². The molecule has 3 aromatic rings. The molecule has 0 fully saturated rings. The molecule has 0 spiro atoms. The Hall–Kier alpha value is -2.37. The van der Waals surface area contributed by atoms with Gasteiger partial charge in [-0.3, -0.25) is 4.68 Å². The topological polar surface area (TPSA) is 64.3 Å². The van der Waals surface area contributed by atoms with Crippen molar-refractivity contribution in [2.45, 2.75) is 32.6 Å². The van der Waals surface area contributed by atoms with Gasteiger partial charge in [0.15, 0.2) is 17.5 Å². The maximum Gasteiger partial charge on any atom is 0.181 e. The van der Waals surface area contributed by atoms with Gasteiger partial charge in [-0.05, 0) is 18.6 Å². The van der Waals surface area contributed by atoms with Gasteiger partial charge in [-0.2, -0.15) is 9.78 Å². The number of aromatic nitrogens is 6. The summed E-state index contributed by atoms with van der Waals surface area (Å²) in [7, 11) is 1.91. The molecule has 21 heavy (non-hydrogen) atoms. The quantitative estimate of drug-likeness (QED) is 0.708.